The minimum atomic E-state index is -4.49. The van der Waals surface area contributed by atoms with Gasteiger partial charge >= 0.3 is 12.4 Å². The van der Waals surface area contributed by atoms with Crippen molar-refractivity contribution >= 4 is 137 Å². The van der Waals surface area contributed by atoms with Crippen LogP contribution in [0, 0.1) is 0 Å². The zero-order chi connectivity index (χ0) is 81.0. The average molecular weight is 1640 g/mol. The standard InChI is InChI=1S/C19H18ClF3N6O2.C18H18ClF3N6O.C17H17ClF2N6O.C17H19ClN6O/c1-31-11-5-14(18(30)27-9-19(21,22)23)29(8-11)15-2-3-24-17(28-15)13-7-26-16-12(13)4-10(20)6-25-16;1-3-17(2,16(29)26-9-18(20,21)22)28-13-4-5-23-15(27-13)12-8-25-14-11(12)6-10(19)7-24-14;1-17(2,16(27)24-8-12(19)20)26-13-3-4-21-15(25-13)11-7-23-14-10(11)5-9(18)6-22-14;1-4-19-16(25)17(2,3)24-13-5-6-20-15(23-13)12-9-22-14-11(12)7-10(18)8-21-14/h2-4,6-7,11,14H,5,8-9H2,1H3,(H,25,26)(H,27,30);4-8H,3,9H2,1-2H3,(H,24,25)(H,26,29)(H,23,27,28);3-7,12H,8H2,1-2H3,(H,22,23)(H,24,27)(H,21,25,26);5-9H,4H2,1-3H3,(H,19,25)(H,21,22)(H,20,23,24)/t11?,14-;17-;;/m00../s1. The predicted molar refractivity (Wildman–Crippen MR) is 409 cm³/mol. The van der Waals surface area contributed by atoms with E-state index >= 15 is 0 Å². The Morgan fingerprint density at radius 2 is 0.875 bits per heavy atom. The number of rotatable bonds is 22. The Labute approximate surface area is 652 Å². The summed E-state index contributed by atoms with van der Waals surface area (Å²) < 4.78 is 105. The molecule has 3 atom stereocenters. The average Bonchev–Trinajstić information content (AvgIpc) is 1.66. The van der Waals surface area contributed by atoms with E-state index in [2.05, 4.69) is 106 Å². The molecular weight excluding hydrogens is 1560 g/mol. The second-order valence-electron chi connectivity index (χ2n) is 26.2. The van der Waals surface area contributed by atoms with Crippen LogP contribution < -0.4 is 42.1 Å². The zero-order valence-electron chi connectivity index (χ0n) is 60.6. The summed E-state index contributed by atoms with van der Waals surface area (Å²) in [7, 11) is 1.49. The van der Waals surface area contributed by atoms with E-state index in [4.69, 9.17) is 51.1 Å². The molecule has 12 aromatic heterocycles. The SMILES string of the molecule is CC(C)(Nc1ccnc(-c2c[nH]c3ncc(Cl)cc23)n1)C(=O)NCC(F)F.CCNC(=O)C(C)(C)Nc1ccnc(-c2c[nH]c3ncc(Cl)cc23)n1.CC[C@](C)(Nc1ccnc(-c2c[nH]c3ncc(Cl)cc23)n1)C(=O)NCC(F)(F)F.COC1C[C@@H](C(=O)NCC(F)(F)F)N(c2ccnc(-c3c[nH]c4ncc(Cl)cc34)n2)C1. The van der Waals surface area contributed by atoms with Gasteiger partial charge in [0, 0.05) is 145 Å². The maximum Gasteiger partial charge on any atom is 0.405 e. The van der Waals surface area contributed by atoms with Crippen molar-refractivity contribution in [1.82, 2.24) is 101 Å². The first-order valence-electron chi connectivity index (χ1n) is 34.1. The number of carbonyl (C=O) groups excluding carboxylic acids is 4. The molecule has 29 nitrogen and oxygen atoms in total. The lowest BCUT2D eigenvalue weighted by atomic mass is 9.97. The summed E-state index contributed by atoms with van der Waals surface area (Å²) in [5, 5.41) is 22.8. The normalized spacial score (nSPS) is 14.3. The molecule has 11 N–H and O–H groups in total. The van der Waals surface area contributed by atoms with E-state index in [0.29, 0.717) is 119 Å². The van der Waals surface area contributed by atoms with Crippen LogP contribution in [-0.4, -0.2) is 191 Å². The van der Waals surface area contributed by atoms with E-state index in [-0.39, 0.29) is 24.9 Å². The van der Waals surface area contributed by atoms with Gasteiger partial charge < -0.3 is 66.8 Å². The van der Waals surface area contributed by atoms with Gasteiger partial charge in [0.2, 0.25) is 23.6 Å². The van der Waals surface area contributed by atoms with Gasteiger partial charge in [-0.05, 0) is 96.5 Å². The number of fused-ring (bicyclic) bond motifs is 4. The lowest BCUT2D eigenvalue weighted by Crippen LogP contribution is -2.52. The summed E-state index contributed by atoms with van der Waals surface area (Å²) in [4.78, 5) is 115. The minimum absolute atomic E-state index is 0.0989. The fourth-order valence-corrected chi connectivity index (χ4v) is 11.9. The van der Waals surface area contributed by atoms with Crippen molar-refractivity contribution in [1.29, 1.82) is 0 Å². The van der Waals surface area contributed by atoms with Gasteiger partial charge in [0.1, 0.15) is 81.6 Å². The summed E-state index contributed by atoms with van der Waals surface area (Å²) in [6.07, 6.45) is 7.79. The Hall–Kier alpha value is -11.3. The Balaban J connectivity index is 0.000000159. The van der Waals surface area contributed by atoms with Crippen LogP contribution in [0.5, 0.6) is 0 Å². The lowest BCUT2D eigenvalue weighted by Gasteiger charge is -2.29. The highest BCUT2D eigenvalue weighted by atomic mass is 35.5. The summed E-state index contributed by atoms with van der Waals surface area (Å²) >= 11 is 24.1. The van der Waals surface area contributed by atoms with Gasteiger partial charge in [0.25, 0.3) is 6.43 Å². The number of H-pyrrole nitrogens is 4. The number of pyridine rings is 4. The van der Waals surface area contributed by atoms with Crippen LogP contribution in [0.2, 0.25) is 20.1 Å². The molecule has 0 aliphatic carbocycles. The maximum atomic E-state index is 12.5. The third-order valence-electron chi connectivity index (χ3n) is 17.1. The van der Waals surface area contributed by atoms with E-state index in [1.807, 2.05) is 23.6 Å². The van der Waals surface area contributed by atoms with E-state index in [9.17, 15) is 54.3 Å². The Morgan fingerprint density at radius 1 is 0.509 bits per heavy atom. The monoisotopic (exact) mass is 1630 g/mol. The maximum absolute atomic E-state index is 12.5. The number of anilines is 4. The molecule has 4 amide bonds. The zero-order valence-corrected chi connectivity index (χ0v) is 63.6. The fourth-order valence-electron chi connectivity index (χ4n) is 11.2. The van der Waals surface area contributed by atoms with Gasteiger partial charge in [-0.3, -0.25) is 19.2 Å². The molecule has 0 radical (unpaired) electrons. The van der Waals surface area contributed by atoms with Crippen molar-refractivity contribution in [3.05, 3.63) is 143 Å². The van der Waals surface area contributed by atoms with Gasteiger partial charge in [-0.2, -0.15) is 26.3 Å². The first-order valence-corrected chi connectivity index (χ1v) is 35.6. The van der Waals surface area contributed by atoms with E-state index in [1.54, 1.807) is 113 Å². The smallest absolute Gasteiger partial charge is 0.380 e. The van der Waals surface area contributed by atoms with Crippen LogP contribution in [0.25, 0.3) is 89.7 Å². The molecule has 12 aromatic rings. The summed E-state index contributed by atoms with van der Waals surface area (Å²) in [5.74, 6) is 1.10. The first kappa shape index (κ1) is 83.2. The highest BCUT2D eigenvalue weighted by Gasteiger charge is 2.41. The summed E-state index contributed by atoms with van der Waals surface area (Å²) in [6, 6.07) is 12.6. The van der Waals surface area contributed by atoms with Crippen molar-refractivity contribution in [2.45, 2.75) is 109 Å². The number of aromatic nitrogens is 16. The second kappa shape index (κ2) is 35.4. The number of carbonyl (C=O) groups is 4. The van der Waals surface area contributed by atoms with Crippen LogP contribution in [0.1, 0.15) is 61.3 Å². The third kappa shape index (κ3) is 21.2. The lowest BCUT2D eigenvalue weighted by molar-refractivity contribution is -0.140. The molecule has 1 saturated heterocycles. The Kier molecular flexibility index (Phi) is 26.3. The molecule has 13 heterocycles. The number of aromatic amines is 4. The Bertz CT molecular complexity index is 5340. The molecule has 590 valence electrons. The predicted octanol–water partition coefficient (Wildman–Crippen LogP) is 13.1. The topological polar surface area (TPSA) is 383 Å². The molecule has 1 unspecified atom stereocenters. The van der Waals surface area contributed by atoms with Gasteiger partial charge in [0.15, 0.2) is 23.3 Å². The summed E-state index contributed by atoms with van der Waals surface area (Å²) in [5.41, 5.74) is 2.14. The van der Waals surface area contributed by atoms with Crippen molar-refractivity contribution < 1.29 is 59.0 Å². The summed E-state index contributed by atoms with van der Waals surface area (Å²) in [6.45, 7) is 9.20. The molecular formula is C71H72Cl4F8N24O5. The van der Waals surface area contributed by atoms with Gasteiger partial charge in [-0.25, -0.2) is 68.6 Å². The molecule has 1 aliphatic rings. The Morgan fingerprint density at radius 3 is 1.24 bits per heavy atom. The highest BCUT2D eigenvalue weighted by Crippen LogP contribution is 2.35. The van der Waals surface area contributed by atoms with Gasteiger partial charge in [-0.1, -0.05) is 53.3 Å². The highest BCUT2D eigenvalue weighted by molar-refractivity contribution is 6.32. The van der Waals surface area contributed by atoms with Crippen molar-refractivity contribution in [3.63, 3.8) is 0 Å². The van der Waals surface area contributed by atoms with Crippen molar-refractivity contribution in [2.75, 3.05) is 60.7 Å². The quantitative estimate of drug-likeness (QED) is 0.0281. The number of halogens is 12. The molecule has 1 fully saturated rings. The van der Waals surface area contributed by atoms with Crippen LogP contribution >= 0.6 is 46.4 Å². The number of alkyl halides is 8. The van der Waals surface area contributed by atoms with Gasteiger partial charge in [0.05, 0.1) is 32.7 Å². The molecule has 41 heteroatoms. The van der Waals surface area contributed by atoms with Crippen LogP contribution in [0.15, 0.2) is 123 Å². The number of nitrogens with one attached hydrogen (secondary N) is 11. The molecule has 1 aliphatic heterocycles. The second-order valence-corrected chi connectivity index (χ2v) is 28.0. The number of hydrogen-bond acceptors (Lipinski definition) is 21. The number of nitrogens with zero attached hydrogens (tertiary/aromatic N) is 13. The molecule has 0 saturated carbocycles. The molecule has 0 aromatic carbocycles. The molecule has 0 bridgehead atoms. The molecule has 0 spiro atoms. The van der Waals surface area contributed by atoms with Crippen LogP contribution in [-0.2, 0) is 23.9 Å². The van der Waals surface area contributed by atoms with Crippen LogP contribution in [0.4, 0.5) is 58.4 Å². The van der Waals surface area contributed by atoms with E-state index in [0.717, 1.165) is 27.1 Å². The number of methoxy groups -OCH3 is 1. The fraction of sp³-hybridized carbons (Fsp3) is 0.324. The number of likely N-dealkylation sites (N-methyl/N-ethyl adjacent to an activating group) is 1. The van der Waals surface area contributed by atoms with Crippen LogP contribution in [0.3, 0.4) is 0 Å². The minimum Gasteiger partial charge on any atom is -0.380 e. The number of hydrogen-bond donors (Lipinski definition) is 11. The number of ether oxygens (including phenoxy) is 1. The van der Waals surface area contributed by atoms with Crippen molar-refractivity contribution in [2.24, 2.45) is 0 Å². The van der Waals surface area contributed by atoms with E-state index in [1.165, 1.54) is 57.3 Å². The van der Waals surface area contributed by atoms with Gasteiger partial charge in [-0.15, -0.1) is 0 Å². The largest absolute Gasteiger partial charge is 0.405 e. The van der Waals surface area contributed by atoms with Crippen molar-refractivity contribution in [3.8, 4) is 45.6 Å². The molecule has 13 rings (SSSR count). The first-order chi connectivity index (χ1) is 53.0. The number of amides is 4. The molecule has 112 heavy (non-hydrogen) atoms. The third-order valence-corrected chi connectivity index (χ3v) is 17.9. The van der Waals surface area contributed by atoms with E-state index < -0.39 is 78.8 Å².